The van der Waals surface area contributed by atoms with E-state index in [1.165, 1.54) is 16.2 Å². The second-order valence-electron chi connectivity index (χ2n) is 6.03. The molecule has 0 spiro atoms. The van der Waals surface area contributed by atoms with Crippen LogP contribution in [-0.4, -0.2) is 18.4 Å². The Balaban J connectivity index is 1.61. The van der Waals surface area contributed by atoms with Crippen molar-refractivity contribution in [1.29, 1.82) is 0 Å². The molecule has 1 fully saturated rings. The largest absolute Gasteiger partial charge is 0.279 e. The number of benzene rings is 1. The molecule has 1 aliphatic heterocycles. The molecule has 6 nitrogen and oxygen atoms in total. The molecule has 25 heavy (non-hydrogen) atoms. The molecule has 1 aromatic heterocycles. The summed E-state index contributed by atoms with van der Waals surface area (Å²) >= 11 is 1.46. The molecule has 0 aliphatic carbocycles. The fourth-order valence-corrected chi connectivity index (χ4v) is 3.98. The van der Waals surface area contributed by atoms with E-state index < -0.39 is 0 Å². The van der Waals surface area contributed by atoms with Crippen LogP contribution in [0.25, 0.3) is 0 Å². The third kappa shape index (κ3) is 3.89. The van der Waals surface area contributed by atoms with Crippen LogP contribution in [0.3, 0.4) is 0 Å². The highest BCUT2D eigenvalue weighted by molar-refractivity contribution is 7.14. The van der Waals surface area contributed by atoms with Gasteiger partial charge < -0.3 is 0 Å². The van der Waals surface area contributed by atoms with Gasteiger partial charge in [-0.1, -0.05) is 37.3 Å². The first kappa shape index (κ1) is 17.6. The fourth-order valence-electron chi connectivity index (χ4n) is 2.97. The molecule has 3 rings (SSSR count). The standard InChI is InChI=1S/C18H22N4O2S/c1-3-14-11(2)9-15(25-14)18(24)22-21-17(23)13-10-19-20-16(13)12-7-5-4-6-8-12/h4-9,13,16,19-20H,3,10H2,1-2H3,(H,21,23)(H,22,24). The minimum Gasteiger partial charge on any atom is -0.273 e. The number of nitrogens with one attached hydrogen (secondary N) is 4. The third-order valence-corrected chi connectivity index (χ3v) is 5.72. The second-order valence-corrected chi connectivity index (χ2v) is 7.17. The topological polar surface area (TPSA) is 82.3 Å². The summed E-state index contributed by atoms with van der Waals surface area (Å²) in [6.45, 7) is 4.55. The van der Waals surface area contributed by atoms with Crippen LogP contribution in [0.4, 0.5) is 0 Å². The Hall–Kier alpha value is -2.22. The summed E-state index contributed by atoms with van der Waals surface area (Å²) in [4.78, 5) is 26.5. The van der Waals surface area contributed by atoms with E-state index in [0.29, 0.717) is 11.4 Å². The molecule has 2 aromatic rings. The fraction of sp³-hybridized carbons (Fsp3) is 0.333. The lowest BCUT2D eigenvalue weighted by Gasteiger charge is -2.18. The molecule has 0 radical (unpaired) electrons. The highest BCUT2D eigenvalue weighted by atomic mass is 32.1. The molecule has 1 aromatic carbocycles. The lowest BCUT2D eigenvalue weighted by atomic mass is 9.94. The second kappa shape index (κ2) is 7.77. The summed E-state index contributed by atoms with van der Waals surface area (Å²) in [6.07, 6.45) is 0.897. The number of carbonyl (C=O) groups excluding carboxylic acids is 2. The Bertz CT molecular complexity index is 760. The summed E-state index contributed by atoms with van der Waals surface area (Å²) < 4.78 is 0. The van der Waals surface area contributed by atoms with Crippen LogP contribution in [0.1, 0.15) is 38.6 Å². The summed E-state index contributed by atoms with van der Waals surface area (Å²) in [6, 6.07) is 11.5. The van der Waals surface area contributed by atoms with E-state index in [9.17, 15) is 9.59 Å². The monoisotopic (exact) mass is 358 g/mol. The third-order valence-electron chi connectivity index (χ3n) is 4.34. The Morgan fingerprint density at radius 2 is 2.00 bits per heavy atom. The molecule has 4 N–H and O–H groups in total. The predicted molar refractivity (Wildman–Crippen MR) is 97.9 cm³/mol. The van der Waals surface area contributed by atoms with Crippen molar-refractivity contribution in [2.45, 2.75) is 26.3 Å². The van der Waals surface area contributed by atoms with Crippen molar-refractivity contribution >= 4 is 23.2 Å². The van der Waals surface area contributed by atoms with Gasteiger partial charge in [-0.05, 0) is 30.5 Å². The van der Waals surface area contributed by atoms with Gasteiger partial charge in [0.05, 0.1) is 16.8 Å². The number of rotatable bonds is 4. The highest BCUT2D eigenvalue weighted by Crippen LogP contribution is 2.25. The first-order valence-corrected chi connectivity index (χ1v) is 9.14. The van der Waals surface area contributed by atoms with E-state index in [1.807, 2.05) is 43.3 Å². The lowest BCUT2D eigenvalue weighted by molar-refractivity contribution is -0.125. The van der Waals surface area contributed by atoms with Crippen LogP contribution in [-0.2, 0) is 11.2 Å². The Morgan fingerprint density at radius 1 is 1.24 bits per heavy atom. The molecule has 1 saturated heterocycles. The van der Waals surface area contributed by atoms with E-state index in [4.69, 9.17) is 0 Å². The van der Waals surface area contributed by atoms with Gasteiger partial charge in [0.1, 0.15) is 0 Å². The van der Waals surface area contributed by atoms with Gasteiger partial charge in [0.2, 0.25) is 5.91 Å². The number of hydrogen-bond donors (Lipinski definition) is 4. The Kier molecular flexibility index (Phi) is 5.47. The van der Waals surface area contributed by atoms with E-state index >= 15 is 0 Å². The molecule has 0 saturated carbocycles. The minimum atomic E-state index is -0.307. The number of thiophene rings is 1. The average Bonchev–Trinajstić information content (AvgIpc) is 3.26. The quantitative estimate of drug-likeness (QED) is 0.629. The van der Waals surface area contributed by atoms with Crippen molar-refractivity contribution < 1.29 is 9.59 Å². The maximum Gasteiger partial charge on any atom is 0.279 e. The van der Waals surface area contributed by atoms with Gasteiger partial charge in [0.25, 0.3) is 5.91 Å². The molecule has 1 aliphatic rings. The van der Waals surface area contributed by atoms with Crippen LogP contribution in [0.2, 0.25) is 0 Å². The smallest absolute Gasteiger partial charge is 0.273 e. The van der Waals surface area contributed by atoms with Crippen LogP contribution in [0, 0.1) is 12.8 Å². The highest BCUT2D eigenvalue weighted by Gasteiger charge is 2.34. The van der Waals surface area contributed by atoms with Crippen molar-refractivity contribution in [3.63, 3.8) is 0 Å². The normalized spacial score (nSPS) is 19.6. The maximum atomic E-state index is 12.5. The number of aryl methyl sites for hydroxylation is 2. The van der Waals surface area contributed by atoms with Crippen molar-refractivity contribution in [1.82, 2.24) is 21.7 Å². The van der Waals surface area contributed by atoms with Crippen molar-refractivity contribution in [3.8, 4) is 0 Å². The van der Waals surface area contributed by atoms with Gasteiger partial charge in [0, 0.05) is 11.4 Å². The molecule has 7 heteroatoms. The zero-order chi connectivity index (χ0) is 17.8. The number of hydrogen-bond acceptors (Lipinski definition) is 5. The van der Waals surface area contributed by atoms with Gasteiger partial charge in [0.15, 0.2) is 0 Å². The summed E-state index contributed by atoms with van der Waals surface area (Å²) in [5, 5.41) is 0. The Labute approximate surface area is 151 Å². The van der Waals surface area contributed by atoms with Gasteiger partial charge in [-0.15, -0.1) is 11.3 Å². The molecule has 2 heterocycles. The van der Waals surface area contributed by atoms with Crippen molar-refractivity contribution in [2.75, 3.05) is 6.54 Å². The molecule has 2 atom stereocenters. The predicted octanol–water partition coefficient (Wildman–Crippen LogP) is 1.85. The van der Waals surface area contributed by atoms with Crippen molar-refractivity contribution in [2.24, 2.45) is 5.92 Å². The van der Waals surface area contributed by atoms with Crippen LogP contribution in [0.15, 0.2) is 36.4 Å². The SMILES string of the molecule is CCc1sc(C(=O)NNC(=O)C2CNNC2c2ccccc2)cc1C. The van der Waals surface area contributed by atoms with E-state index in [-0.39, 0.29) is 23.8 Å². The van der Waals surface area contributed by atoms with Gasteiger partial charge >= 0.3 is 0 Å². The van der Waals surface area contributed by atoms with Crippen molar-refractivity contribution in [3.05, 3.63) is 57.3 Å². The summed E-state index contributed by atoms with van der Waals surface area (Å²) in [7, 11) is 0. The van der Waals surface area contributed by atoms with Gasteiger partial charge in [-0.2, -0.15) is 0 Å². The summed E-state index contributed by atoms with van der Waals surface area (Å²) in [5.41, 5.74) is 13.4. The zero-order valence-electron chi connectivity index (χ0n) is 14.3. The average molecular weight is 358 g/mol. The van der Waals surface area contributed by atoms with E-state index in [2.05, 4.69) is 28.6 Å². The lowest BCUT2D eigenvalue weighted by Crippen LogP contribution is -2.46. The molecular formula is C18H22N4O2S. The zero-order valence-corrected chi connectivity index (χ0v) is 15.1. The van der Waals surface area contributed by atoms with Crippen LogP contribution >= 0.6 is 11.3 Å². The molecular weight excluding hydrogens is 336 g/mol. The number of carbonyl (C=O) groups is 2. The van der Waals surface area contributed by atoms with Crippen LogP contribution < -0.4 is 21.7 Å². The molecule has 132 valence electrons. The maximum absolute atomic E-state index is 12.5. The summed E-state index contributed by atoms with van der Waals surface area (Å²) in [5.74, 6) is -0.806. The molecule has 0 bridgehead atoms. The molecule has 2 amide bonds. The van der Waals surface area contributed by atoms with E-state index in [1.54, 1.807) is 0 Å². The number of hydrazine groups is 2. The van der Waals surface area contributed by atoms with E-state index in [0.717, 1.165) is 17.5 Å². The van der Waals surface area contributed by atoms with Crippen LogP contribution in [0.5, 0.6) is 0 Å². The van der Waals surface area contributed by atoms with Gasteiger partial charge in [-0.3, -0.25) is 25.9 Å². The number of amides is 2. The Morgan fingerprint density at radius 3 is 2.68 bits per heavy atom. The minimum absolute atomic E-state index is 0.131. The molecule has 2 unspecified atom stereocenters. The van der Waals surface area contributed by atoms with Gasteiger partial charge in [-0.25, -0.2) is 5.43 Å². The first-order chi connectivity index (χ1) is 12.1. The first-order valence-electron chi connectivity index (χ1n) is 8.33.